The zero-order valence-corrected chi connectivity index (χ0v) is 18.7. The maximum atomic E-state index is 11.8. The molecule has 164 valence electrons. The van der Waals surface area contributed by atoms with Gasteiger partial charge in [0.25, 0.3) is 0 Å². The van der Waals surface area contributed by atoms with Crippen molar-refractivity contribution in [3.05, 3.63) is 47.3 Å². The van der Waals surface area contributed by atoms with Crippen molar-refractivity contribution < 1.29 is 4.79 Å². The minimum atomic E-state index is -0.199. The van der Waals surface area contributed by atoms with Crippen molar-refractivity contribution in [1.82, 2.24) is 25.7 Å². The van der Waals surface area contributed by atoms with Gasteiger partial charge in [-0.2, -0.15) is 5.10 Å². The third-order valence-corrected chi connectivity index (χ3v) is 4.34. The Hall–Kier alpha value is -3.03. The zero-order valence-electron chi connectivity index (χ0n) is 18.7. The van der Waals surface area contributed by atoms with E-state index in [1.165, 1.54) is 5.69 Å². The number of rotatable bonds is 9. The van der Waals surface area contributed by atoms with Crippen LogP contribution in [0.2, 0.25) is 0 Å². The summed E-state index contributed by atoms with van der Waals surface area (Å²) in [6, 6.07) is 9.72. The van der Waals surface area contributed by atoms with Gasteiger partial charge in [-0.25, -0.2) is 9.79 Å². The molecule has 2 aromatic rings. The average molecular weight is 414 g/mol. The van der Waals surface area contributed by atoms with Crippen LogP contribution in [0, 0.1) is 13.8 Å². The number of nitrogens with zero attached hydrogens (tertiary/aromatic N) is 3. The second-order valence-electron chi connectivity index (χ2n) is 7.58. The Bertz CT molecular complexity index is 825. The highest BCUT2D eigenvalue weighted by Gasteiger charge is 2.04. The highest BCUT2D eigenvalue weighted by Crippen LogP contribution is 2.10. The van der Waals surface area contributed by atoms with Crippen molar-refractivity contribution in [2.45, 2.75) is 60.2 Å². The molecule has 4 N–H and O–H groups in total. The summed E-state index contributed by atoms with van der Waals surface area (Å²) in [6.07, 6.45) is 0.963. The number of benzene rings is 1. The molecule has 0 atom stereocenters. The molecule has 0 radical (unpaired) electrons. The third kappa shape index (κ3) is 8.14. The van der Waals surface area contributed by atoms with Crippen molar-refractivity contribution in [3.8, 4) is 0 Å². The lowest BCUT2D eigenvalue weighted by Crippen LogP contribution is -2.38. The number of hydrogen-bond donors (Lipinski definition) is 4. The molecule has 0 bridgehead atoms. The Morgan fingerprint density at radius 3 is 2.50 bits per heavy atom. The quantitative estimate of drug-likeness (QED) is 0.288. The van der Waals surface area contributed by atoms with Crippen molar-refractivity contribution in [2.75, 3.05) is 18.4 Å². The predicted molar refractivity (Wildman–Crippen MR) is 123 cm³/mol. The lowest BCUT2D eigenvalue weighted by Gasteiger charge is -2.12. The lowest BCUT2D eigenvalue weighted by molar-refractivity contribution is 0.250. The number of anilines is 1. The number of aliphatic imine (C=N–C) groups is 1. The SMILES string of the molecule is CCNC(=NCc1ccc(NC(=O)NC(C)C)cc1)NCCCn1nc(C)cc1C. The molecule has 30 heavy (non-hydrogen) atoms. The first-order chi connectivity index (χ1) is 14.4. The van der Waals surface area contributed by atoms with Crippen LogP contribution in [0.25, 0.3) is 0 Å². The van der Waals surface area contributed by atoms with Gasteiger partial charge in [-0.1, -0.05) is 12.1 Å². The van der Waals surface area contributed by atoms with E-state index in [9.17, 15) is 4.79 Å². The van der Waals surface area contributed by atoms with Crippen LogP contribution < -0.4 is 21.3 Å². The van der Waals surface area contributed by atoms with Crippen LogP contribution in [0.15, 0.2) is 35.3 Å². The Balaban J connectivity index is 1.81. The number of carbonyl (C=O) groups is 1. The number of aryl methyl sites for hydroxylation is 3. The van der Waals surface area contributed by atoms with Gasteiger partial charge in [0.1, 0.15) is 0 Å². The number of guanidine groups is 1. The van der Waals surface area contributed by atoms with E-state index >= 15 is 0 Å². The Labute approximate surface area is 179 Å². The van der Waals surface area contributed by atoms with E-state index in [0.29, 0.717) is 6.54 Å². The van der Waals surface area contributed by atoms with E-state index in [0.717, 1.165) is 49.0 Å². The number of hydrogen-bond acceptors (Lipinski definition) is 3. The summed E-state index contributed by atoms with van der Waals surface area (Å²) in [6.45, 7) is 13.1. The number of amides is 2. The minimum Gasteiger partial charge on any atom is -0.357 e. The van der Waals surface area contributed by atoms with Gasteiger partial charge in [0.05, 0.1) is 12.2 Å². The topological polar surface area (TPSA) is 95.4 Å². The third-order valence-electron chi connectivity index (χ3n) is 4.34. The molecule has 0 aliphatic carbocycles. The van der Waals surface area contributed by atoms with Crippen LogP contribution >= 0.6 is 0 Å². The molecule has 1 aromatic carbocycles. The zero-order chi connectivity index (χ0) is 21.9. The van der Waals surface area contributed by atoms with Crippen molar-refractivity contribution in [1.29, 1.82) is 0 Å². The van der Waals surface area contributed by atoms with E-state index in [1.807, 2.05) is 49.7 Å². The highest BCUT2D eigenvalue weighted by molar-refractivity contribution is 5.89. The average Bonchev–Trinajstić information content (AvgIpc) is 3.00. The summed E-state index contributed by atoms with van der Waals surface area (Å²) in [5, 5.41) is 16.8. The predicted octanol–water partition coefficient (Wildman–Crippen LogP) is 3.18. The van der Waals surface area contributed by atoms with Gasteiger partial charge in [-0.3, -0.25) is 4.68 Å². The molecule has 0 saturated heterocycles. The molecule has 2 rings (SSSR count). The fourth-order valence-corrected chi connectivity index (χ4v) is 2.97. The fraction of sp³-hybridized carbons (Fsp3) is 0.500. The number of nitrogens with one attached hydrogen (secondary N) is 4. The van der Waals surface area contributed by atoms with Gasteiger partial charge in [0, 0.05) is 37.1 Å². The van der Waals surface area contributed by atoms with Crippen LogP contribution in [-0.2, 0) is 13.1 Å². The van der Waals surface area contributed by atoms with Crippen LogP contribution in [0.3, 0.4) is 0 Å². The number of aromatic nitrogens is 2. The Morgan fingerprint density at radius 2 is 1.90 bits per heavy atom. The maximum Gasteiger partial charge on any atom is 0.319 e. The van der Waals surface area contributed by atoms with E-state index in [2.05, 4.69) is 51.3 Å². The molecule has 2 amide bonds. The van der Waals surface area contributed by atoms with Gasteiger partial charge >= 0.3 is 6.03 Å². The number of carbonyl (C=O) groups excluding carboxylic acids is 1. The van der Waals surface area contributed by atoms with Crippen LogP contribution in [0.5, 0.6) is 0 Å². The maximum absolute atomic E-state index is 11.8. The van der Waals surface area contributed by atoms with E-state index in [4.69, 9.17) is 0 Å². The summed E-state index contributed by atoms with van der Waals surface area (Å²) in [5.74, 6) is 0.796. The van der Waals surface area contributed by atoms with Gasteiger partial charge < -0.3 is 21.3 Å². The highest BCUT2D eigenvalue weighted by atomic mass is 16.2. The second-order valence-corrected chi connectivity index (χ2v) is 7.58. The van der Waals surface area contributed by atoms with E-state index in [-0.39, 0.29) is 12.1 Å². The fourth-order valence-electron chi connectivity index (χ4n) is 2.97. The Kier molecular flexibility index (Phi) is 9.18. The van der Waals surface area contributed by atoms with Crippen molar-refractivity contribution in [3.63, 3.8) is 0 Å². The van der Waals surface area contributed by atoms with Crippen molar-refractivity contribution in [2.24, 2.45) is 4.99 Å². The molecule has 8 nitrogen and oxygen atoms in total. The van der Waals surface area contributed by atoms with Crippen LogP contribution in [-0.4, -0.2) is 40.9 Å². The first kappa shape index (κ1) is 23.3. The first-order valence-corrected chi connectivity index (χ1v) is 10.6. The molecule has 0 unspecified atom stereocenters. The van der Waals surface area contributed by atoms with Gasteiger partial charge in [-0.15, -0.1) is 0 Å². The minimum absolute atomic E-state index is 0.100. The van der Waals surface area contributed by atoms with E-state index in [1.54, 1.807) is 0 Å². The summed E-state index contributed by atoms with van der Waals surface area (Å²) in [5.41, 5.74) is 4.07. The molecule has 0 aliphatic rings. The molecule has 0 saturated carbocycles. The Morgan fingerprint density at radius 1 is 1.17 bits per heavy atom. The summed E-state index contributed by atoms with van der Waals surface area (Å²) < 4.78 is 2.04. The summed E-state index contributed by atoms with van der Waals surface area (Å²) in [7, 11) is 0. The normalized spacial score (nSPS) is 11.5. The largest absolute Gasteiger partial charge is 0.357 e. The van der Waals surface area contributed by atoms with Gasteiger partial charge in [-0.05, 0) is 64.8 Å². The molecule has 1 aromatic heterocycles. The number of urea groups is 1. The molecule has 0 fully saturated rings. The summed E-state index contributed by atoms with van der Waals surface area (Å²) >= 11 is 0. The standard InChI is InChI=1S/C22H35N7O/c1-6-23-21(24-12-7-13-29-18(5)14-17(4)28-29)25-15-19-8-10-20(11-9-19)27-22(30)26-16(2)3/h8-11,14,16H,6-7,12-13,15H2,1-5H3,(H2,23,24,25)(H2,26,27,30). The smallest absolute Gasteiger partial charge is 0.319 e. The molecule has 1 heterocycles. The molecule has 0 spiro atoms. The molecular formula is C22H35N7O. The molecule has 8 heteroatoms. The van der Waals surface area contributed by atoms with Crippen LogP contribution in [0.4, 0.5) is 10.5 Å². The van der Waals surface area contributed by atoms with Crippen molar-refractivity contribution >= 4 is 17.7 Å². The molecule has 0 aliphatic heterocycles. The van der Waals surface area contributed by atoms with Gasteiger partial charge in [0.2, 0.25) is 0 Å². The lowest BCUT2D eigenvalue weighted by atomic mass is 10.2. The van der Waals surface area contributed by atoms with Gasteiger partial charge in [0.15, 0.2) is 5.96 Å². The summed E-state index contributed by atoms with van der Waals surface area (Å²) in [4.78, 5) is 16.4. The first-order valence-electron chi connectivity index (χ1n) is 10.6. The van der Waals surface area contributed by atoms with E-state index < -0.39 is 0 Å². The van der Waals surface area contributed by atoms with Crippen LogP contribution in [0.1, 0.15) is 44.1 Å². The second kappa shape index (κ2) is 11.8. The monoisotopic (exact) mass is 413 g/mol. The molecular weight excluding hydrogens is 378 g/mol.